The average molecular weight is 553 g/mol. The van der Waals surface area contributed by atoms with E-state index in [1.54, 1.807) is 24.4 Å². The molecule has 1 aromatic heterocycles. The first-order valence-electron chi connectivity index (χ1n) is 9.51. The van der Waals surface area contributed by atoms with Crippen molar-refractivity contribution >= 4 is 64.4 Å². The summed E-state index contributed by atoms with van der Waals surface area (Å²) in [6, 6.07) is 12.1. The number of carbonyl (C=O) groups is 1. The largest absolute Gasteiger partial charge is 0.320 e. The summed E-state index contributed by atoms with van der Waals surface area (Å²) < 4.78 is 29.0. The maximum absolute atomic E-state index is 13.1. The lowest BCUT2D eigenvalue weighted by atomic mass is 10.1. The van der Waals surface area contributed by atoms with Crippen molar-refractivity contribution in [2.45, 2.75) is 24.2 Å². The summed E-state index contributed by atoms with van der Waals surface area (Å²) in [6.45, 7) is 1.00. The van der Waals surface area contributed by atoms with E-state index in [0.29, 0.717) is 28.8 Å². The van der Waals surface area contributed by atoms with E-state index in [9.17, 15) is 13.2 Å². The summed E-state index contributed by atoms with van der Waals surface area (Å²) in [5, 5.41) is 3.75. The minimum absolute atomic E-state index is 0.106. The number of anilines is 1. The molecule has 1 fully saturated rings. The molecule has 4 rings (SSSR count). The molecule has 0 unspecified atom stereocenters. The Labute approximate surface area is 192 Å². The van der Waals surface area contributed by atoms with Gasteiger partial charge in [0.1, 0.15) is 0 Å². The molecule has 1 aliphatic heterocycles. The number of hydrogen-bond acceptors (Lipinski definition) is 4. The third-order valence-corrected chi connectivity index (χ3v) is 8.39. The van der Waals surface area contributed by atoms with Gasteiger partial charge in [-0.1, -0.05) is 28.4 Å². The van der Waals surface area contributed by atoms with Crippen LogP contribution in [0.4, 0.5) is 5.69 Å². The highest BCUT2D eigenvalue weighted by molar-refractivity contribution is 9.10. The van der Waals surface area contributed by atoms with E-state index in [-0.39, 0.29) is 10.5 Å². The van der Waals surface area contributed by atoms with Gasteiger partial charge < -0.3 is 5.32 Å². The third-order valence-electron chi connectivity index (χ3n) is 5.04. The number of carbonyl (C=O) groups excluding carboxylic acids is 1. The topological polar surface area (TPSA) is 79.4 Å². The molecule has 1 N–H and O–H groups in total. The molecule has 30 heavy (non-hydrogen) atoms. The number of benzene rings is 2. The Kier molecular flexibility index (Phi) is 6.24. The second-order valence-corrected chi connectivity index (χ2v) is 10.8. The first kappa shape index (κ1) is 21.4. The molecule has 2 heterocycles. The van der Waals surface area contributed by atoms with Crippen molar-refractivity contribution in [1.29, 1.82) is 0 Å². The molecule has 2 aromatic carbocycles. The van der Waals surface area contributed by atoms with Gasteiger partial charge in [0, 0.05) is 39.2 Å². The zero-order chi connectivity index (χ0) is 21.3. The Morgan fingerprint density at radius 3 is 2.57 bits per heavy atom. The number of aromatic nitrogens is 1. The Balaban J connectivity index is 1.67. The summed E-state index contributed by atoms with van der Waals surface area (Å²) in [4.78, 5) is 17.4. The van der Waals surface area contributed by atoms with Crippen molar-refractivity contribution in [1.82, 2.24) is 9.29 Å². The van der Waals surface area contributed by atoms with Crippen LogP contribution in [-0.4, -0.2) is 36.7 Å². The van der Waals surface area contributed by atoms with Gasteiger partial charge in [0.05, 0.1) is 16.1 Å². The second-order valence-electron chi connectivity index (χ2n) is 7.09. The van der Waals surface area contributed by atoms with E-state index in [4.69, 9.17) is 0 Å². The molecule has 1 amide bonds. The van der Waals surface area contributed by atoms with Gasteiger partial charge in [-0.25, -0.2) is 8.42 Å². The van der Waals surface area contributed by atoms with Crippen LogP contribution >= 0.6 is 31.9 Å². The van der Waals surface area contributed by atoms with Gasteiger partial charge in [-0.15, -0.1) is 0 Å². The smallest absolute Gasteiger partial charge is 0.255 e. The first-order valence-corrected chi connectivity index (χ1v) is 12.5. The molecule has 3 aromatic rings. The second kappa shape index (κ2) is 8.74. The third kappa shape index (κ3) is 4.30. The summed E-state index contributed by atoms with van der Waals surface area (Å²) >= 11 is 6.79. The molecule has 1 aliphatic rings. The average Bonchev–Trinajstić information content (AvgIpc) is 2.74. The molecule has 0 radical (unpaired) electrons. The number of nitrogens with zero attached hydrogens (tertiary/aromatic N) is 2. The van der Waals surface area contributed by atoms with Gasteiger partial charge in [-0.3, -0.25) is 9.78 Å². The van der Waals surface area contributed by atoms with Crippen LogP contribution in [0.25, 0.3) is 10.9 Å². The highest BCUT2D eigenvalue weighted by Crippen LogP contribution is 2.30. The fraction of sp³-hybridized carbons (Fsp3) is 0.238. The van der Waals surface area contributed by atoms with Crippen LogP contribution in [0.2, 0.25) is 0 Å². The molecular formula is C21H19Br2N3O3S. The minimum Gasteiger partial charge on any atom is -0.320 e. The van der Waals surface area contributed by atoms with Crippen molar-refractivity contribution in [3.05, 3.63) is 63.2 Å². The van der Waals surface area contributed by atoms with Crippen molar-refractivity contribution in [3.63, 3.8) is 0 Å². The molecular weight excluding hydrogens is 534 g/mol. The van der Waals surface area contributed by atoms with Crippen LogP contribution in [0.5, 0.6) is 0 Å². The predicted octanol–water partition coefficient (Wildman–Crippen LogP) is 5.19. The van der Waals surface area contributed by atoms with Crippen molar-refractivity contribution < 1.29 is 13.2 Å². The lowest BCUT2D eigenvalue weighted by Gasteiger charge is -2.26. The van der Waals surface area contributed by atoms with Crippen LogP contribution in [-0.2, 0) is 10.0 Å². The summed E-state index contributed by atoms with van der Waals surface area (Å²) in [7, 11) is -3.68. The Morgan fingerprint density at radius 2 is 1.80 bits per heavy atom. The molecule has 156 valence electrons. The van der Waals surface area contributed by atoms with E-state index < -0.39 is 15.9 Å². The molecule has 0 saturated carbocycles. The van der Waals surface area contributed by atoms with Crippen LogP contribution in [0.15, 0.2) is 62.5 Å². The lowest BCUT2D eigenvalue weighted by Crippen LogP contribution is -2.35. The monoisotopic (exact) mass is 551 g/mol. The van der Waals surface area contributed by atoms with Crippen LogP contribution in [0, 0.1) is 0 Å². The first-order chi connectivity index (χ1) is 14.4. The predicted molar refractivity (Wildman–Crippen MR) is 124 cm³/mol. The molecule has 1 saturated heterocycles. The number of nitrogens with one attached hydrogen (secondary N) is 1. The van der Waals surface area contributed by atoms with E-state index in [1.807, 2.05) is 18.2 Å². The van der Waals surface area contributed by atoms with E-state index in [2.05, 4.69) is 42.2 Å². The number of fused-ring (bicyclic) bond motifs is 1. The summed E-state index contributed by atoms with van der Waals surface area (Å²) in [5.74, 6) is -0.400. The maximum Gasteiger partial charge on any atom is 0.255 e. The normalized spacial score (nSPS) is 15.3. The van der Waals surface area contributed by atoms with Gasteiger partial charge in [0.2, 0.25) is 10.0 Å². The fourth-order valence-electron chi connectivity index (χ4n) is 3.53. The van der Waals surface area contributed by atoms with E-state index in [1.165, 1.54) is 10.4 Å². The van der Waals surface area contributed by atoms with Gasteiger partial charge in [0.25, 0.3) is 5.91 Å². The zero-order valence-corrected chi connectivity index (χ0v) is 19.9. The standard InChI is InChI=1S/C21H19Br2N3O3S/c22-16-11-14-5-4-8-24-20(14)18(13-16)25-21(27)15-6-7-17(23)19(12-15)30(28,29)26-9-2-1-3-10-26/h4-8,11-13H,1-3,9-10H2,(H,25,27). The van der Waals surface area contributed by atoms with Gasteiger partial charge in [-0.05, 0) is 65.2 Å². The number of amides is 1. The highest BCUT2D eigenvalue weighted by atomic mass is 79.9. The molecule has 0 atom stereocenters. The van der Waals surface area contributed by atoms with E-state index in [0.717, 1.165) is 29.1 Å². The maximum atomic E-state index is 13.1. The minimum atomic E-state index is -3.68. The van der Waals surface area contributed by atoms with Crippen molar-refractivity contribution in [3.8, 4) is 0 Å². The fourth-order valence-corrected chi connectivity index (χ4v) is 6.48. The molecule has 0 bridgehead atoms. The van der Waals surface area contributed by atoms with E-state index >= 15 is 0 Å². The van der Waals surface area contributed by atoms with Crippen LogP contribution in [0.1, 0.15) is 29.6 Å². The number of pyridine rings is 1. The quantitative estimate of drug-likeness (QED) is 0.483. The van der Waals surface area contributed by atoms with Gasteiger partial charge >= 0.3 is 0 Å². The molecule has 0 spiro atoms. The Hall–Kier alpha value is -1.81. The van der Waals surface area contributed by atoms with Crippen molar-refractivity contribution in [2.75, 3.05) is 18.4 Å². The summed E-state index contributed by atoms with van der Waals surface area (Å²) in [6.07, 6.45) is 4.39. The highest BCUT2D eigenvalue weighted by Gasteiger charge is 2.28. The summed E-state index contributed by atoms with van der Waals surface area (Å²) in [5.41, 5.74) is 1.47. The lowest BCUT2D eigenvalue weighted by molar-refractivity contribution is 0.102. The van der Waals surface area contributed by atoms with Crippen molar-refractivity contribution in [2.24, 2.45) is 0 Å². The number of halogens is 2. The van der Waals surface area contributed by atoms with Gasteiger partial charge in [0.15, 0.2) is 0 Å². The molecule has 9 heteroatoms. The Morgan fingerprint density at radius 1 is 1.03 bits per heavy atom. The number of rotatable bonds is 4. The molecule has 6 nitrogen and oxygen atoms in total. The number of hydrogen-bond donors (Lipinski definition) is 1. The Bertz CT molecular complexity index is 1230. The van der Waals surface area contributed by atoms with Crippen LogP contribution < -0.4 is 5.32 Å². The van der Waals surface area contributed by atoms with Gasteiger partial charge in [-0.2, -0.15) is 4.31 Å². The number of piperidine rings is 1. The number of sulfonamides is 1. The SMILES string of the molecule is O=C(Nc1cc(Br)cc2cccnc12)c1ccc(Br)c(S(=O)(=O)N2CCCCC2)c1. The zero-order valence-electron chi connectivity index (χ0n) is 15.9. The molecule has 0 aliphatic carbocycles. The van der Waals surface area contributed by atoms with Crippen LogP contribution in [0.3, 0.4) is 0 Å².